The van der Waals surface area contributed by atoms with Crippen molar-refractivity contribution in [1.82, 2.24) is 9.63 Å². The van der Waals surface area contributed by atoms with Crippen LogP contribution >= 0.6 is 12.2 Å². The molecular formula is C21H22N2O5SSe. The van der Waals surface area contributed by atoms with Crippen LogP contribution in [0.5, 0.6) is 0 Å². The van der Waals surface area contributed by atoms with Crippen LogP contribution in [-0.2, 0) is 24.4 Å². The van der Waals surface area contributed by atoms with Crippen LogP contribution in [0.3, 0.4) is 0 Å². The maximum atomic E-state index is 12.6. The summed E-state index contributed by atoms with van der Waals surface area (Å²) >= 11 is 5.17. The third-order valence-corrected chi connectivity index (χ3v) is 7.47. The van der Waals surface area contributed by atoms with Crippen molar-refractivity contribution in [2.24, 2.45) is 0 Å². The molecule has 158 valence electrons. The second kappa shape index (κ2) is 10.5. The molecule has 0 aliphatic carbocycles. The number of pyridine rings is 1. The van der Waals surface area contributed by atoms with E-state index in [4.69, 9.17) is 21.8 Å². The molecule has 1 fully saturated rings. The number of aromatic nitrogens is 1. The molecule has 1 amide bonds. The van der Waals surface area contributed by atoms with Gasteiger partial charge in [-0.05, 0) is 0 Å². The summed E-state index contributed by atoms with van der Waals surface area (Å²) in [6, 6.07) is 14.0. The second-order valence-electron chi connectivity index (χ2n) is 6.56. The Morgan fingerprint density at radius 2 is 1.93 bits per heavy atom. The number of rotatable bonds is 9. The van der Waals surface area contributed by atoms with E-state index in [1.807, 2.05) is 30.3 Å². The zero-order valence-electron chi connectivity index (χ0n) is 16.4. The first-order valence-corrected chi connectivity index (χ1v) is 12.1. The van der Waals surface area contributed by atoms with Crippen LogP contribution in [-0.4, -0.2) is 60.0 Å². The van der Waals surface area contributed by atoms with Crippen LogP contribution in [0.25, 0.3) is 0 Å². The molecule has 0 spiro atoms. The minimum absolute atomic E-state index is 0.0614. The summed E-state index contributed by atoms with van der Waals surface area (Å²) < 4.78 is 6.62. The first-order valence-electron chi connectivity index (χ1n) is 9.51. The number of likely N-dealkylation sites (tertiary alicyclic amines) is 1. The fourth-order valence-corrected chi connectivity index (χ4v) is 5.83. The van der Waals surface area contributed by atoms with Gasteiger partial charge in [0.25, 0.3) is 0 Å². The predicted octanol–water partition coefficient (Wildman–Crippen LogP) is 1.96. The van der Waals surface area contributed by atoms with Crippen LogP contribution in [0.4, 0.5) is 0 Å². The van der Waals surface area contributed by atoms with E-state index in [9.17, 15) is 14.4 Å². The van der Waals surface area contributed by atoms with Crippen LogP contribution in [0.15, 0.2) is 54.7 Å². The van der Waals surface area contributed by atoms with Gasteiger partial charge >= 0.3 is 186 Å². The van der Waals surface area contributed by atoms with Gasteiger partial charge in [0.1, 0.15) is 0 Å². The summed E-state index contributed by atoms with van der Waals surface area (Å²) in [5, 5.41) is 0.835. The molecule has 1 aromatic heterocycles. The van der Waals surface area contributed by atoms with Crippen LogP contribution in [0.1, 0.15) is 25.3 Å². The van der Waals surface area contributed by atoms with Crippen molar-refractivity contribution in [2.75, 3.05) is 6.61 Å². The first kappa shape index (κ1) is 22.2. The minimum atomic E-state index is -1.00. The van der Waals surface area contributed by atoms with Gasteiger partial charge in [0.2, 0.25) is 0 Å². The quantitative estimate of drug-likeness (QED) is 0.230. The molecule has 0 radical (unpaired) electrons. The molecule has 9 heteroatoms. The fourth-order valence-electron chi connectivity index (χ4n) is 3.01. The second-order valence-corrected chi connectivity index (χ2v) is 9.42. The molecule has 3 rings (SSSR count). The molecule has 2 atom stereocenters. The molecule has 0 bridgehead atoms. The Hall–Kier alpha value is -2.48. The van der Waals surface area contributed by atoms with E-state index in [-0.39, 0.29) is 38.8 Å². The Bertz CT molecular complexity index is 965. The molecule has 1 saturated heterocycles. The van der Waals surface area contributed by atoms with Gasteiger partial charge in [0.15, 0.2) is 0 Å². The van der Waals surface area contributed by atoms with Crippen LogP contribution < -0.4 is 4.84 Å². The zero-order valence-corrected chi connectivity index (χ0v) is 19.0. The van der Waals surface area contributed by atoms with E-state index in [0.29, 0.717) is 11.1 Å². The van der Waals surface area contributed by atoms with Crippen molar-refractivity contribution in [1.29, 1.82) is 0 Å². The Kier molecular flexibility index (Phi) is 7.79. The normalized spacial score (nSPS) is 16.5. The van der Waals surface area contributed by atoms with Gasteiger partial charge < -0.3 is 0 Å². The maximum absolute atomic E-state index is 12.6. The summed E-state index contributed by atoms with van der Waals surface area (Å²) in [6.07, 6.45) is 1.60. The summed E-state index contributed by atoms with van der Waals surface area (Å²) in [6.45, 7) is 1.85. The van der Waals surface area contributed by atoms with Crippen molar-refractivity contribution >= 4 is 45.0 Å². The molecule has 0 saturated carbocycles. The van der Waals surface area contributed by atoms with Crippen molar-refractivity contribution < 1.29 is 24.0 Å². The van der Waals surface area contributed by atoms with E-state index in [0.717, 1.165) is 10.0 Å². The number of benzene rings is 1. The third kappa shape index (κ3) is 5.56. The van der Waals surface area contributed by atoms with Gasteiger partial charge in [0, 0.05) is 0 Å². The van der Waals surface area contributed by atoms with E-state index in [1.165, 1.54) is 16.7 Å². The molecule has 1 aliphatic heterocycles. The summed E-state index contributed by atoms with van der Waals surface area (Å²) in [5.74, 6) is -1.42. The molecule has 2 heterocycles. The number of carbonyl (C=O) groups excluding carboxylic acids is 3. The van der Waals surface area contributed by atoms with Crippen molar-refractivity contribution in [2.45, 2.75) is 36.1 Å². The summed E-state index contributed by atoms with van der Waals surface area (Å²) in [7, 11) is 0. The van der Waals surface area contributed by atoms with Crippen molar-refractivity contribution in [3.63, 3.8) is 0 Å². The summed E-state index contributed by atoms with van der Waals surface area (Å²) in [4.78, 5) is 44.1. The molecule has 1 aromatic carbocycles. The predicted molar refractivity (Wildman–Crippen MR) is 113 cm³/mol. The number of carbonyl (C=O) groups is 3. The number of hydrogen-bond acceptors (Lipinski definition) is 6. The molecule has 2 aromatic rings. The van der Waals surface area contributed by atoms with E-state index < -0.39 is 18.0 Å². The third-order valence-electron chi connectivity index (χ3n) is 4.48. The van der Waals surface area contributed by atoms with Crippen LogP contribution in [0, 0.1) is 4.64 Å². The van der Waals surface area contributed by atoms with Gasteiger partial charge in [-0.15, -0.1) is 0 Å². The van der Waals surface area contributed by atoms with E-state index in [1.54, 1.807) is 25.1 Å². The van der Waals surface area contributed by atoms with Gasteiger partial charge in [-0.25, -0.2) is 0 Å². The number of ether oxygens (including phenoxy) is 1. The fraction of sp³-hybridized carbons (Fsp3) is 0.333. The standard InChI is InChI=1S/C21H22N2O5SSe/c1-2-27-21(26)16(12-20(25)28-22-11-7-6-10-18(22)29)23-17(24)13-19(23)30-14-15-8-4-3-5-9-15/h3-11,16,19H,2,12-14H2,1H3. The average molecular weight is 493 g/mol. The Labute approximate surface area is 186 Å². The van der Waals surface area contributed by atoms with Gasteiger partial charge in [-0.1, -0.05) is 0 Å². The molecule has 30 heavy (non-hydrogen) atoms. The summed E-state index contributed by atoms with van der Waals surface area (Å²) in [5.41, 5.74) is 1.18. The van der Waals surface area contributed by atoms with Gasteiger partial charge in [0.05, 0.1) is 0 Å². The average Bonchev–Trinajstić information content (AvgIpc) is 2.73. The number of β-lactam (4-membered cyclic amide) rings is 1. The Morgan fingerprint density at radius 1 is 1.20 bits per heavy atom. The number of esters is 1. The van der Waals surface area contributed by atoms with E-state index in [2.05, 4.69) is 0 Å². The first-order chi connectivity index (χ1) is 14.5. The molecular weight excluding hydrogens is 471 g/mol. The Balaban J connectivity index is 1.69. The van der Waals surface area contributed by atoms with Gasteiger partial charge in [-0.3, -0.25) is 0 Å². The SMILES string of the molecule is CCOC(=O)C(CC(=O)On1ccccc1=S)N1C(=O)CC1[Se]Cc1ccccc1. The molecule has 1 aliphatic rings. The number of hydrogen-bond donors (Lipinski definition) is 0. The number of nitrogens with zero attached hydrogens (tertiary/aromatic N) is 2. The molecule has 2 unspecified atom stereocenters. The number of amides is 1. The monoisotopic (exact) mass is 494 g/mol. The Morgan fingerprint density at radius 3 is 2.60 bits per heavy atom. The van der Waals surface area contributed by atoms with Crippen LogP contribution in [0.2, 0.25) is 0 Å². The van der Waals surface area contributed by atoms with Gasteiger partial charge in [-0.2, -0.15) is 0 Å². The molecule has 7 nitrogen and oxygen atoms in total. The van der Waals surface area contributed by atoms with Crippen molar-refractivity contribution in [3.05, 3.63) is 64.9 Å². The van der Waals surface area contributed by atoms with E-state index >= 15 is 0 Å². The molecule has 0 N–H and O–H groups in total. The topological polar surface area (TPSA) is 77.8 Å². The van der Waals surface area contributed by atoms with Crippen molar-refractivity contribution in [3.8, 4) is 0 Å². The zero-order chi connectivity index (χ0) is 21.5.